The van der Waals surface area contributed by atoms with Gasteiger partial charge in [-0.1, -0.05) is 19.1 Å². The van der Waals surface area contributed by atoms with Gasteiger partial charge in [0, 0.05) is 17.8 Å². The predicted molar refractivity (Wildman–Crippen MR) is 79.6 cm³/mol. The maximum Gasteiger partial charge on any atom is 0.276 e. The topological polar surface area (TPSA) is 74.8 Å². The second kappa shape index (κ2) is 5.52. The Bertz CT molecular complexity index is 686. The lowest BCUT2D eigenvalue weighted by atomic mass is 9.94. The van der Waals surface area contributed by atoms with Gasteiger partial charge >= 0.3 is 0 Å². The van der Waals surface area contributed by atoms with E-state index >= 15 is 0 Å². The second-order valence-electron chi connectivity index (χ2n) is 5.21. The Morgan fingerprint density at radius 2 is 2.05 bits per heavy atom. The average molecular weight is 283 g/mol. The molecule has 1 aliphatic carbocycles. The third-order valence-corrected chi connectivity index (χ3v) is 3.79. The van der Waals surface area contributed by atoms with Crippen molar-refractivity contribution in [2.75, 3.05) is 5.32 Å². The number of aryl methyl sites for hydroxylation is 2. The third kappa shape index (κ3) is 2.59. The number of aromatic nitrogens is 2. The summed E-state index contributed by atoms with van der Waals surface area (Å²) in [5.41, 5.74) is 3.36. The number of H-pyrrole nitrogens is 1. The fourth-order valence-corrected chi connectivity index (χ4v) is 2.59. The van der Waals surface area contributed by atoms with Gasteiger partial charge in [0.25, 0.3) is 5.91 Å². The zero-order chi connectivity index (χ0) is 14.8. The van der Waals surface area contributed by atoms with E-state index in [4.69, 9.17) is 0 Å². The lowest BCUT2D eigenvalue weighted by Crippen LogP contribution is -2.18. The van der Waals surface area contributed by atoms with Gasteiger partial charge in [-0.15, -0.1) is 0 Å². The van der Waals surface area contributed by atoms with Gasteiger partial charge in [0.2, 0.25) is 0 Å². The van der Waals surface area contributed by atoms with Crippen LogP contribution in [0.25, 0.3) is 0 Å². The van der Waals surface area contributed by atoms with Crippen molar-refractivity contribution in [1.29, 1.82) is 0 Å². The summed E-state index contributed by atoms with van der Waals surface area (Å²) in [7, 11) is 0. The summed E-state index contributed by atoms with van der Waals surface area (Å²) in [5, 5.41) is 9.62. The average Bonchev–Trinajstić information content (AvgIpc) is 2.93. The fraction of sp³-hybridized carbons (Fsp3) is 0.312. The highest BCUT2D eigenvalue weighted by Gasteiger charge is 2.27. The number of aromatic amines is 1. The van der Waals surface area contributed by atoms with E-state index in [-0.39, 0.29) is 17.4 Å². The number of fused-ring (bicyclic) bond motifs is 1. The van der Waals surface area contributed by atoms with Gasteiger partial charge in [-0.2, -0.15) is 5.10 Å². The first-order valence-electron chi connectivity index (χ1n) is 7.19. The van der Waals surface area contributed by atoms with Crippen molar-refractivity contribution in [2.45, 2.75) is 32.6 Å². The Kier molecular flexibility index (Phi) is 3.56. The number of ketones is 1. The number of anilines is 1. The van der Waals surface area contributed by atoms with Crippen molar-refractivity contribution < 1.29 is 9.59 Å². The van der Waals surface area contributed by atoms with E-state index in [1.165, 1.54) is 5.56 Å². The minimum Gasteiger partial charge on any atom is -0.321 e. The molecule has 0 radical (unpaired) electrons. The summed E-state index contributed by atoms with van der Waals surface area (Å²) >= 11 is 0. The monoisotopic (exact) mass is 283 g/mol. The quantitative estimate of drug-likeness (QED) is 0.909. The number of Topliss-reactive ketones (excluding diaryl/α,β-unsaturated/α-hetero) is 1. The number of hydrogen-bond acceptors (Lipinski definition) is 3. The van der Waals surface area contributed by atoms with Gasteiger partial charge in [-0.3, -0.25) is 14.7 Å². The molecule has 1 amide bonds. The molecule has 0 saturated carbocycles. The zero-order valence-electron chi connectivity index (χ0n) is 11.9. The Morgan fingerprint density at radius 3 is 2.76 bits per heavy atom. The highest BCUT2D eigenvalue weighted by Crippen LogP contribution is 2.23. The number of hydrogen-bond donors (Lipinski definition) is 2. The summed E-state index contributed by atoms with van der Waals surface area (Å²) in [4.78, 5) is 24.3. The molecule has 0 fully saturated rings. The fourth-order valence-electron chi connectivity index (χ4n) is 2.59. The number of carbonyl (C=O) groups is 2. The molecule has 0 aliphatic heterocycles. The predicted octanol–water partition coefficient (Wildman–Crippen LogP) is 2.74. The van der Waals surface area contributed by atoms with Crippen LogP contribution in [0.5, 0.6) is 0 Å². The van der Waals surface area contributed by atoms with Crippen LogP contribution in [0.3, 0.4) is 0 Å². The van der Waals surface area contributed by atoms with Crippen molar-refractivity contribution >= 4 is 17.4 Å². The lowest BCUT2D eigenvalue weighted by Gasteiger charge is -2.10. The number of amides is 1. The van der Waals surface area contributed by atoms with Crippen LogP contribution in [0, 0.1) is 0 Å². The van der Waals surface area contributed by atoms with Crippen LogP contribution >= 0.6 is 0 Å². The molecule has 1 heterocycles. The molecular formula is C16H17N3O2. The molecule has 1 aliphatic rings. The maximum atomic E-state index is 12.3. The van der Waals surface area contributed by atoms with Gasteiger partial charge in [0.05, 0.1) is 5.56 Å². The molecule has 108 valence electrons. The van der Waals surface area contributed by atoms with E-state index in [2.05, 4.69) is 22.4 Å². The van der Waals surface area contributed by atoms with Crippen LogP contribution in [0.2, 0.25) is 0 Å². The molecule has 3 rings (SSSR count). The van der Waals surface area contributed by atoms with Crippen LogP contribution < -0.4 is 5.32 Å². The smallest absolute Gasteiger partial charge is 0.276 e. The summed E-state index contributed by atoms with van der Waals surface area (Å²) in [6.45, 7) is 2.08. The standard InChI is InChI=1S/C16H17N3O2/c1-2-10-6-8-11(9-7-10)17-16(21)15-14-12(18-19-15)4-3-5-13(14)20/h6-9H,2-5H2,1H3,(H,17,21)(H,18,19). The van der Waals surface area contributed by atoms with Crippen molar-refractivity contribution in [2.24, 2.45) is 0 Å². The maximum absolute atomic E-state index is 12.3. The molecule has 0 spiro atoms. The number of carbonyl (C=O) groups excluding carboxylic acids is 2. The molecular weight excluding hydrogens is 266 g/mol. The van der Waals surface area contributed by atoms with Crippen LogP contribution in [0.1, 0.15) is 51.9 Å². The van der Waals surface area contributed by atoms with E-state index in [1.54, 1.807) is 0 Å². The molecule has 5 heteroatoms. The molecule has 5 nitrogen and oxygen atoms in total. The summed E-state index contributed by atoms with van der Waals surface area (Å²) in [6.07, 6.45) is 3.02. The first kappa shape index (κ1) is 13.5. The Balaban J connectivity index is 1.82. The zero-order valence-corrected chi connectivity index (χ0v) is 11.9. The van der Waals surface area contributed by atoms with Gasteiger partial charge in [-0.05, 0) is 37.0 Å². The summed E-state index contributed by atoms with van der Waals surface area (Å²) in [5.74, 6) is -0.344. The normalized spacial score (nSPS) is 13.9. The number of nitrogens with zero attached hydrogens (tertiary/aromatic N) is 1. The van der Waals surface area contributed by atoms with Gasteiger partial charge in [0.1, 0.15) is 0 Å². The molecule has 2 aromatic rings. The Labute approximate surface area is 122 Å². The molecule has 21 heavy (non-hydrogen) atoms. The van der Waals surface area contributed by atoms with Crippen molar-refractivity contribution in [3.8, 4) is 0 Å². The largest absolute Gasteiger partial charge is 0.321 e. The lowest BCUT2D eigenvalue weighted by molar-refractivity contribution is 0.0955. The van der Waals surface area contributed by atoms with Crippen LogP contribution in [0.4, 0.5) is 5.69 Å². The highest BCUT2D eigenvalue weighted by atomic mass is 16.2. The summed E-state index contributed by atoms with van der Waals surface area (Å²) in [6, 6.07) is 7.66. The molecule has 2 N–H and O–H groups in total. The van der Waals surface area contributed by atoms with Gasteiger partial charge < -0.3 is 5.32 Å². The van der Waals surface area contributed by atoms with Crippen molar-refractivity contribution in [3.05, 3.63) is 46.8 Å². The number of benzene rings is 1. The Hall–Kier alpha value is -2.43. The minimum atomic E-state index is -0.341. The molecule has 0 saturated heterocycles. The number of nitrogens with one attached hydrogen (secondary N) is 2. The van der Waals surface area contributed by atoms with Gasteiger partial charge in [0.15, 0.2) is 11.5 Å². The SMILES string of the molecule is CCc1ccc(NC(=O)c2n[nH]c3c2C(=O)CCC3)cc1. The van der Waals surface area contributed by atoms with Crippen molar-refractivity contribution in [3.63, 3.8) is 0 Å². The van der Waals surface area contributed by atoms with E-state index in [0.29, 0.717) is 17.7 Å². The second-order valence-corrected chi connectivity index (χ2v) is 5.21. The molecule has 0 bridgehead atoms. The van der Waals surface area contributed by atoms with Crippen LogP contribution in [-0.2, 0) is 12.8 Å². The number of rotatable bonds is 3. The third-order valence-electron chi connectivity index (χ3n) is 3.79. The van der Waals surface area contributed by atoms with E-state index in [0.717, 1.165) is 25.0 Å². The Morgan fingerprint density at radius 1 is 1.29 bits per heavy atom. The molecule has 0 unspecified atom stereocenters. The van der Waals surface area contributed by atoms with Crippen LogP contribution in [-0.4, -0.2) is 21.9 Å². The first-order valence-corrected chi connectivity index (χ1v) is 7.19. The van der Waals surface area contributed by atoms with E-state index in [9.17, 15) is 9.59 Å². The van der Waals surface area contributed by atoms with Crippen molar-refractivity contribution in [1.82, 2.24) is 10.2 Å². The van der Waals surface area contributed by atoms with E-state index in [1.807, 2.05) is 24.3 Å². The molecule has 1 aromatic heterocycles. The molecule has 0 atom stereocenters. The summed E-state index contributed by atoms with van der Waals surface area (Å²) < 4.78 is 0. The first-order chi connectivity index (χ1) is 10.2. The minimum absolute atomic E-state index is 0.00326. The van der Waals surface area contributed by atoms with Crippen LogP contribution in [0.15, 0.2) is 24.3 Å². The highest BCUT2D eigenvalue weighted by molar-refractivity contribution is 6.12. The van der Waals surface area contributed by atoms with Gasteiger partial charge in [-0.25, -0.2) is 0 Å². The molecule has 1 aromatic carbocycles. The van der Waals surface area contributed by atoms with E-state index < -0.39 is 0 Å².